The van der Waals surface area contributed by atoms with Gasteiger partial charge in [-0.15, -0.1) is 0 Å². The Bertz CT molecular complexity index is 389. The van der Waals surface area contributed by atoms with Crippen LogP contribution in [0.15, 0.2) is 0 Å². The number of aliphatic hydroxyl groups excluding tert-OH is 1. The zero-order valence-corrected chi connectivity index (χ0v) is 14.2. The predicted molar refractivity (Wildman–Crippen MR) is 85.6 cm³/mol. The lowest BCUT2D eigenvalue weighted by Crippen LogP contribution is -2.60. The van der Waals surface area contributed by atoms with Gasteiger partial charge in [-0.3, -0.25) is 4.90 Å². The van der Waals surface area contributed by atoms with Gasteiger partial charge in [0.05, 0.1) is 12.1 Å². The molecule has 2 aliphatic rings. The quantitative estimate of drug-likeness (QED) is 0.800. The summed E-state index contributed by atoms with van der Waals surface area (Å²) in [4.78, 5) is 16.3. The highest BCUT2D eigenvalue weighted by Crippen LogP contribution is 2.25. The van der Waals surface area contributed by atoms with Crippen LogP contribution >= 0.6 is 0 Å². The van der Waals surface area contributed by atoms with Crippen molar-refractivity contribution in [2.45, 2.75) is 63.6 Å². The number of ether oxygens (including phenoxy) is 1. The van der Waals surface area contributed by atoms with Crippen LogP contribution in [0, 0.1) is 0 Å². The number of carbonyl (C=O) groups excluding carboxylic acids is 1. The fraction of sp³-hybridized carbons (Fsp3) is 0.938. The minimum absolute atomic E-state index is 0.0419. The zero-order valence-electron chi connectivity index (χ0n) is 14.2. The largest absolute Gasteiger partial charge is 0.444 e. The number of amides is 1. The van der Waals surface area contributed by atoms with E-state index in [2.05, 4.69) is 4.90 Å². The lowest BCUT2D eigenvalue weighted by atomic mass is 9.88. The molecule has 1 amide bonds. The minimum Gasteiger partial charge on any atom is -0.444 e. The molecule has 2 rings (SSSR count). The van der Waals surface area contributed by atoms with Crippen LogP contribution in [-0.4, -0.2) is 71.0 Å². The summed E-state index contributed by atoms with van der Waals surface area (Å²) in [6.45, 7) is 8.96. The number of carbonyl (C=O) groups is 1. The highest BCUT2D eigenvalue weighted by molar-refractivity contribution is 5.68. The number of hydrogen-bond donors (Lipinski definition) is 2. The van der Waals surface area contributed by atoms with Crippen molar-refractivity contribution in [3.8, 4) is 0 Å². The SMILES string of the molecule is CC(C)(C)OC(=O)N1CCC(N2CCCC(N)(CO)C2)CC1. The normalized spacial score (nSPS) is 28.7. The molecule has 1 atom stereocenters. The molecule has 1 unspecified atom stereocenters. The van der Waals surface area contributed by atoms with Crippen molar-refractivity contribution in [2.24, 2.45) is 5.73 Å². The number of nitrogens with zero attached hydrogens (tertiary/aromatic N) is 2. The third-order valence-corrected chi connectivity index (χ3v) is 4.59. The van der Waals surface area contributed by atoms with E-state index in [1.54, 1.807) is 4.90 Å². The molecule has 2 saturated heterocycles. The summed E-state index contributed by atoms with van der Waals surface area (Å²) in [6.07, 6.45) is 3.59. The molecular formula is C16H31N3O3. The molecule has 0 aromatic carbocycles. The molecule has 2 heterocycles. The Morgan fingerprint density at radius 1 is 1.32 bits per heavy atom. The van der Waals surface area contributed by atoms with Crippen LogP contribution in [0.5, 0.6) is 0 Å². The van der Waals surface area contributed by atoms with E-state index in [1.807, 2.05) is 20.8 Å². The van der Waals surface area contributed by atoms with Crippen molar-refractivity contribution in [3.63, 3.8) is 0 Å². The van der Waals surface area contributed by atoms with Gasteiger partial charge in [-0.2, -0.15) is 0 Å². The second-order valence-electron chi connectivity index (χ2n) is 7.79. The first-order valence-electron chi connectivity index (χ1n) is 8.34. The molecule has 6 heteroatoms. The van der Waals surface area contributed by atoms with Crippen molar-refractivity contribution in [3.05, 3.63) is 0 Å². The monoisotopic (exact) mass is 313 g/mol. The van der Waals surface area contributed by atoms with E-state index in [-0.39, 0.29) is 12.7 Å². The Morgan fingerprint density at radius 2 is 1.95 bits per heavy atom. The Kier molecular flexibility index (Phi) is 5.35. The first-order chi connectivity index (χ1) is 10.2. The molecule has 0 bridgehead atoms. The number of hydrogen-bond acceptors (Lipinski definition) is 5. The van der Waals surface area contributed by atoms with Crippen molar-refractivity contribution in [1.29, 1.82) is 0 Å². The van der Waals surface area contributed by atoms with Crippen LogP contribution < -0.4 is 5.73 Å². The van der Waals surface area contributed by atoms with Crippen LogP contribution in [0.3, 0.4) is 0 Å². The number of likely N-dealkylation sites (tertiary alicyclic amines) is 2. The number of aliphatic hydroxyl groups is 1. The fourth-order valence-corrected chi connectivity index (χ4v) is 3.38. The van der Waals surface area contributed by atoms with E-state index >= 15 is 0 Å². The lowest BCUT2D eigenvalue weighted by molar-refractivity contribution is 0.00670. The summed E-state index contributed by atoms with van der Waals surface area (Å²) >= 11 is 0. The van der Waals surface area contributed by atoms with Crippen LogP contribution in [0.1, 0.15) is 46.5 Å². The molecule has 3 N–H and O–H groups in total. The molecule has 0 aromatic heterocycles. The maximum absolute atomic E-state index is 12.1. The predicted octanol–water partition coefficient (Wildman–Crippen LogP) is 1.17. The number of nitrogens with two attached hydrogens (primary N) is 1. The van der Waals surface area contributed by atoms with Gasteiger partial charge in [0.1, 0.15) is 5.60 Å². The summed E-state index contributed by atoms with van der Waals surface area (Å²) in [5.74, 6) is 0. The van der Waals surface area contributed by atoms with Gasteiger partial charge in [0.15, 0.2) is 0 Å². The maximum Gasteiger partial charge on any atom is 0.410 e. The Morgan fingerprint density at radius 3 is 2.50 bits per heavy atom. The molecule has 0 spiro atoms. The second kappa shape index (κ2) is 6.72. The molecule has 128 valence electrons. The van der Waals surface area contributed by atoms with Crippen LogP contribution in [0.2, 0.25) is 0 Å². The second-order valence-corrected chi connectivity index (χ2v) is 7.79. The van der Waals surface area contributed by atoms with Gasteiger partial charge in [0, 0.05) is 25.7 Å². The summed E-state index contributed by atoms with van der Waals surface area (Å²) in [7, 11) is 0. The zero-order chi connectivity index (χ0) is 16.4. The van der Waals surface area contributed by atoms with Gasteiger partial charge in [0.2, 0.25) is 0 Å². The van der Waals surface area contributed by atoms with Gasteiger partial charge in [-0.1, -0.05) is 0 Å². The molecule has 2 fully saturated rings. The molecule has 0 aromatic rings. The van der Waals surface area contributed by atoms with Gasteiger partial charge in [-0.25, -0.2) is 4.79 Å². The number of rotatable bonds is 2. The Hall–Kier alpha value is -0.850. The topological polar surface area (TPSA) is 79.0 Å². The molecule has 0 saturated carbocycles. The van der Waals surface area contributed by atoms with E-state index in [9.17, 15) is 9.90 Å². The molecule has 22 heavy (non-hydrogen) atoms. The van der Waals surface area contributed by atoms with Gasteiger partial charge in [-0.05, 0) is 53.0 Å². The Balaban J connectivity index is 1.83. The summed E-state index contributed by atoms with van der Waals surface area (Å²) in [5.41, 5.74) is 5.32. The summed E-state index contributed by atoms with van der Waals surface area (Å²) in [5, 5.41) is 9.47. The van der Waals surface area contributed by atoms with E-state index in [1.165, 1.54) is 0 Å². The molecular weight excluding hydrogens is 282 g/mol. The third kappa shape index (κ3) is 4.57. The molecule has 2 aliphatic heterocycles. The van der Waals surface area contributed by atoms with Crippen LogP contribution in [0.25, 0.3) is 0 Å². The molecule has 6 nitrogen and oxygen atoms in total. The maximum atomic E-state index is 12.1. The van der Waals surface area contributed by atoms with E-state index in [4.69, 9.17) is 10.5 Å². The first-order valence-corrected chi connectivity index (χ1v) is 8.34. The third-order valence-electron chi connectivity index (χ3n) is 4.59. The average Bonchev–Trinajstić information content (AvgIpc) is 2.46. The van der Waals surface area contributed by atoms with E-state index in [0.29, 0.717) is 6.04 Å². The standard InChI is InChI=1S/C16H31N3O3/c1-15(2,3)22-14(21)18-9-5-13(6-10-18)19-8-4-7-16(17,11-19)12-20/h13,20H,4-12,17H2,1-3H3. The van der Waals surface area contributed by atoms with Crippen LogP contribution in [0.4, 0.5) is 4.79 Å². The van der Waals surface area contributed by atoms with Crippen molar-refractivity contribution < 1.29 is 14.6 Å². The van der Waals surface area contributed by atoms with Crippen molar-refractivity contribution in [2.75, 3.05) is 32.8 Å². The summed E-state index contributed by atoms with van der Waals surface area (Å²) in [6, 6.07) is 0.452. The lowest BCUT2D eigenvalue weighted by Gasteiger charge is -2.45. The van der Waals surface area contributed by atoms with Gasteiger partial charge >= 0.3 is 6.09 Å². The van der Waals surface area contributed by atoms with Gasteiger partial charge < -0.3 is 20.5 Å². The fourth-order valence-electron chi connectivity index (χ4n) is 3.38. The highest BCUT2D eigenvalue weighted by Gasteiger charge is 2.36. The molecule has 0 radical (unpaired) electrons. The van der Waals surface area contributed by atoms with Gasteiger partial charge in [0.25, 0.3) is 0 Å². The van der Waals surface area contributed by atoms with Crippen molar-refractivity contribution in [1.82, 2.24) is 9.80 Å². The highest BCUT2D eigenvalue weighted by atomic mass is 16.6. The first kappa shape index (κ1) is 17.5. The number of piperidine rings is 2. The average molecular weight is 313 g/mol. The van der Waals surface area contributed by atoms with Crippen LogP contribution in [-0.2, 0) is 4.74 Å². The van der Waals surface area contributed by atoms with Crippen molar-refractivity contribution >= 4 is 6.09 Å². The van der Waals surface area contributed by atoms with E-state index in [0.717, 1.165) is 51.9 Å². The van der Waals surface area contributed by atoms with E-state index < -0.39 is 11.1 Å². The minimum atomic E-state index is -0.458. The smallest absolute Gasteiger partial charge is 0.410 e. The summed E-state index contributed by atoms with van der Waals surface area (Å²) < 4.78 is 5.43. The Labute approximate surface area is 133 Å². The molecule has 0 aliphatic carbocycles.